The standard InChI is InChI=1S/C20H22N2O3/c1-15-6-7-16(12-21-15)19(23)22-13-17-4-2-3-5-18(17)25-20(14-22)8-10-24-11-9-20/h2-7,12H,8-11,13-14H2,1H3. The molecule has 1 saturated heterocycles. The van der Waals surface area contributed by atoms with Gasteiger partial charge in [0.25, 0.3) is 5.91 Å². The Labute approximate surface area is 147 Å². The van der Waals surface area contributed by atoms with Gasteiger partial charge in [-0.3, -0.25) is 9.78 Å². The van der Waals surface area contributed by atoms with Crippen molar-refractivity contribution in [2.45, 2.75) is 31.9 Å². The van der Waals surface area contributed by atoms with Crippen LogP contribution in [0.25, 0.3) is 0 Å². The maximum absolute atomic E-state index is 13.1. The van der Waals surface area contributed by atoms with Crippen molar-refractivity contribution in [3.8, 4) is 5.75 Å². The molecule has 3 heterocycles. The van der Waals surface area contributed by atoms with Gasteiger partial charge in [0.05, 0.1) is 25.3 Å². The third kappa shape index (κ3) is 3.24. The Morgan fingerprint density at radius 2 is 1.96 bits per heavy atom. The van der Waals surface area contributed by atoms with Crippen LogP contribution in [0.2, 0.25) is 0 Å². The van der Waals surface area contributed by atoms with Crippen LogP contribution in [0.15, 0.2) is 42.6 Å². The van der Waals surface area contributed by atoms with E-state index in [9.17, 15) is 4.79 Å². The van der Waals surface area contributed by atoms with E-state index in [-0.39, 0.29) is 11.5 Å². The molecule has 0 unspecified atom stereocenters. The highest BCUT2D eigenvalue weighted by atomic mass is 16.5. The molecule has 1 aromatic heterocycles. The number of ether oxygens (including phenoxy) is 2. The van der Waals surface area contributed by atoms with Crippen molar-refractivity contribution in [1.82, 2.24) is 9.88 Å². The molecule has 5 heteroatoms. The number of hydrogen-bond acceptors (Lipinski definition) is 4. The highest BCUT2D eigenvalue weighted by molar-refractivity contribution is 5.94. The van der Waals surface area contributed by atoms with Gasteiger partial charge in [0.1, 0.15) is 11.4 Å². The first-order chi connectivity index (χ1) is 12.2. The Kier molecular flexibility index (Phi) is 4.17. The minimum atomic E-state index is -0.376. The lowest BCUT2D eigenvalue weighted by molar-refractivity contribution is -0.0550. The molecule has 5 nitrogen and oxygen atoms in total. The Bertz CT molecular complexity index is 767. The highest BCUT2D eigenvalue weighted by Gasteiger charge is 2.40. The van der Waals surface area contributed by atoms with Crippen LogP contribution in [0.4, 0.5) is 0 Å². The van der Waals surface area contributed by atoms with Gasteiger partial charge in [0.15, 0.2) is 0 Å². The van der Waals surface area contributed by atoms with E-state index in [1.54, 1.807) is 6.20 Å². The van der Waals surface area contributed by atoms with Crippen molar-refractivity contribution in [1.29, 1.82) is 0 Å². The zero-order chi connectivity index (χ0) is 17.3. The van der Waals surface area contributed by atoms with E-state index in [0.29, 0.717) is 31.9 Å². The summed E-state index contributed by atoms with van der Waals surface area (Å²) in [5, 5.41) is 0. The van der Waals surface area contributed by atoms with E-state index in [2.05, 4.69) is 4.98 Å². The quantitative estimate of drug-likeness (QED) is 0.802. The van der Waals surface area contributed by atoms with Gasteiger partial charge in [-0.2, -0.15) is 0 Å². The smallest absolute Gasteiger partial charge is 0.255 e. The first kappa shape index (κ1) is 16.1. The maximum Gasteiger partial charge on any atom is 0.255 e. The molecule has 0 bridgehead atoms. The molecule has 2 aliphatic rings. The fraction of sp³-hybridized carbons (Fsp3) is 0.400. The molecule has 130 valence electrons. The molecule has 25 heavy (non-hydrogen) atoms. The molecule has 0 saturated carbocycles. The normalized spacial score (nSPS) is 19.0. The van der Waals surface area contributed by atoms with Crippen molar-refractivity contribution < 1.29 is 14.3 Å². The Balaban J connectivity index is 1.69. The number of hydrogen-bond donors (Lipinski definition) is 0. The van der Waals surface area contributed by atoms with Gasteiger partial charge in [0.2, 0.25) is 0 Å². The van der Waals surface area contributed by atoms with E-state index in [4.69, 9.17) is 9.47 Å². The number of nitrogens with zero attached hydrogens (tertiary/aromatic N) is 2. The average Bonchev–Trinajstić information content (AvgIpc) is 2.79. The first-order valence-corrected chi connectivity index (χ1v) is 8.72. The van der Waals surface area contributed by atoms with Crippen LogP contribution in [-0.2, 0) is 11.3 Å². The Hall–Kier alpha value is -2.40. The van der Waals surface area contributed by atoms with Crippen LogP contribution in [-0.4, -0.2) is 41.2 Å². The maximum atomic E-state index is 13.1. The monoisotopic (exact) mass is 338 g/mol. The zero-order valence-electron chi connectivity index (χ0n) is 14.4. The summed E-state index contributed by atoms with van der Waals surface area (Å²) in [7, 11) is 0. The molecular weight excluding hydrogens is 316 g/mol. The lowest BCUT2D eigenvalue weighted by Crippen LogP contribution is -2.50. The van der Waals surface area contributed by atoms with Crippen LogP contribution in [0.3, 0.4) is 0 Å². The summed E-state index contributed by atoms with van der Waals surface area (Å²) in [6.07, 6.45) is 3.24. The third-order valence-corrected chi connectivity index (χ3v) is 4.99. The van der Waals surface area contributed by atoms with E-state index < -0.39 is 0 Å². The average molecular weight is 338 g/mol. The van der Waals surface area contributed by atoms with Gasteiger partial charge in [-0.1, -0.05) is 18.2 Å². The number of benzene rings is 1. The van der Waals surface area contributed by atoms with Crippen LogP contribution >= 0.6 is 0 Å². The molecular formula is C20H22N2O3. The number of aromatic nitrogens is 1. The summed E-state index contributed by atoms with van der Waals surface area (Å²) in [5.74, 6) is 0.875. The van der Waals surface area contributed by atoms with Gasteiger partial charge in [-0.25, -0.2) is 0 Å². The van der Waals surface area contributed by atoms with Crippen molar-refractivity contribution in [2.75, 3.05) is 19.8 Å². The molecule has 1 spiro atoms. The predicted molar refractivity (Wildman–Crippen MR) is 93.6 cm³/mol. The molecule has 4 rings (SSSR count). The van der Waals surface area contributed by atoms with Crippen LogP contribution in [0.5, 0.6) is 5.75 Å². The molecule has 0 radical (unpaired) electrons. The number of fused-ring (bicyclic) bond motifs is 1. The molecule has 2 aromatic rings. The van der Waals surface area contributed by atoms with Gasteiger partial charge >= 0.3 is 0 Å². The Morgan fingerprint density at radius 3 is 2.72 bits per heavy atom. The summed E-state index contributed by atoms with van der Waals surface area (Å²) in [6.45, 7) is 4.36. The lowest BCUT2D eigenvalue weighted by Gasteiger charge is -2.38. The number of amides is 1. The molecule has 0 aliphatic carbocycles. The van der Waals surface area contributed by atoms with Gasteiger partial charge < -0.3 is 14.4 Å². The molecule has 1 amide bonds. The predicted octanol–water partition coefficient (Wildman–Crippen LogP) is 2.97. The summed E-state index contributed by atoms with van der Waals surface area (Å²) in [4.78, 5) is 19.3. The van der Waals surface area contributed by atoms with Gasteiger partial charge in [-0.15, -0.1) is 0 Å². The van der Waals surface area contributed by atoms with Gasteiger partial charge in [0, 0.05) is 36.8 Å². The number of carbonyl (C=O) groups is 1. The number of carbonyl (C=O) groups excluding carboxylic acids is 1. The fourth-order valence-corrected chi connectivity index (χ4v) is 3.53. The van der Waals surface area contributed by atoms with E-state index >= 15 is 0 Å². The minimum Gasteiger partial charge on any atom is -0.485 e. The minimum absolute atomic E-state index is 0.00123. The number of pyridine rings is 1. The number of aryl methyl sites for hydroxylation is 1. The molecule has 2 aliphatic heterocycles. The highest BCUT2D eigenvalue weighted by Crippen LogP contribution is 2.35. The van der Waals surface area contributed by atoms with Crippen LogP contribution in [0.1, 0.15) is 34.5 Å². The molecule has 0 atom stereocenters. The van der Waals surface area contributed by atoms with E-state index in [0.717, 1.165) is 29.8 Å². The second-order valence-corrected chi connectivity index (χ2v) is 6.85. The summed E-state index contributed by atoms with van der Waals surface area (Å²) >= 11 is 0. The lowest BCUT2D eigenvalue weighted by atomic mass is 9.93. The third-order valence-electron chi connectivity index (χ3n) is 4.99. The van der Waals surface area contributed by atoms with Crippen molar-refractivity contribution in [2.24, 2.45) is 0 Å². The van der Waals surface area contributed by atoms with E-state index in [1.165, 1.54) is 0 Å². The van der Waals surface area contributed by atoms with Crippen molar-refractivity contribution in [3.63, 3.8) is 0 Å². The molecule has 1 aromatic carbocycles. The van der Waals surface area contributed by atoms with E-state index in [1.807, 2.05) is 48.2 Å². The van der Waals surface area contributed by atoms with Gasteiger partial charge in [-0.05, 0) is 25.1 Å². The fourth-order valence-electron chi connectivity index (χ4n) is 3.53. The number of para-hydroxylation sites is 1. The molecule has 1 fully saturated rings. The summed E-state index contributed by atoms with van der Waals surface area (Å²) in [6, 6.07) is 11.7. The Morgan fingerprint density at radius 1 is 1.16 bits per heavy atom. The SMILES string of the molecule is Cc1ccc(C(=O)N2Cc3ccccc3OC3(CCOCC3)C2)cn1. The van der Waals surface area contributed by atoms with Crippen LogP contribution < -0.4 is 4.74 Å². The topological polar surface area (TPSA) is 51.7 Å². The second kappa shape index (κ2) is 6.48. The van der Waals surface area contributed by atoms with Crippen LogP contribution in [0, 0.1) is 6.92 Å². The van der Waals surface area contributed by atoms with Crippen molar-refractivity contribution in [3.05, 3.63) is 59.4 Å². The van der Waals surface area contributed by atoms with Crippen molar-refractivity contribution >= 4 is 5.91 Å². The largest absolute Gasteiger partial charge is 0.485 e. The second-order valence-electron chi connectivity index (χ2n) is 6.85. The zero-order valence-corrected chi connectivity index (χ0v) is 14.4. The molecule has 0 N–H and O–H groups in total. The summed E-state index contributed by atoms with van der Waals surface area (Å²) in [5.41, 5.74) is 2.19. The number of rotatable bonds is 1. The first-order valence-electron chi connectivity index (χ1n) is 8.72. The summed E-state index contributed by atoms with van der Waals surface area (Å²) < 4.78 is 12.0.